The normalized spacial score (nSPS) is 30.7. The Morgan fingerprint density at radius 2 is 1.87 bits per heavy atom. The molecule has 5 N–H and O–H groups in total. The van der Waals surface area contributed by atoms with E-state index >= 15 is 0 Å². The van der Waals surface area contributed by atoms with Crippen LogP contribution in [0.5, 0.6) is 0 Å². The van der Waals surface area contributed by atoms with Gasteiger partial charge in [0.25, 0.3) is 5.69 Å². The molecule has 1 aliphatic rings. The molecule has 0 aromatic heterocycles. The van der Waals surface area contributed by atoms with Gasteiger partial charge in [-0.05, 0) is 13.0 Å². The zero-order valence-corrected chi connectivity index (χ0v) is 12.0. The molecule has 0 unspecified atom stereocenters. The van der Waals surface area contributed by atoms with Crippen molar-refractivity contribution in [3.05, 3.63) is 33.9 Å². The molecule has 0 amide bonds. The quantitative estimate of drug-likeness (QED) is 0.363. The molecule has 0 saturated carbocycles. The summed E-state index contributed by atoms with van der Waals surface area (Å²) in [6, 6.07) is 3.10. The monoisotopic (exact) mass is 328 g/mol. The van der Waals surface area contributed by atoms with E-state index in [1.807, 2.05) is 0 Å². The number of aliphatic hydroxyl groups is 3. The minimum Gasteiger partial charge on any atom is -0.478 e. The minimum absolute atomic E-state index is 0.0245. The smallest absolute Gasteiger partial charge is 0.336 e. The van der Waals surface area contributed by atoms with Crippen LogP contribution in [0, 0.1) is 10.1 Å². The van der Waals surface area contributed by atoms with Crippen molar-refractivity contribution in [3.8, 4) is 0 Å². The lowest BCUT2D eigenvalue weighted by Gasteiger charge is -2.39. The van der Waals surface area contributed by atoms with Gasteiger partial charge in [-0.3, -0.25) is 10.1 Å². The van der Waals surface area contributed by atoms with Gasteiger partial charge in [0.15, 0.2) is 6.23 Å². The Balaban J connectivity index is 2.28. The summed E-state index contributed by atoms with van der Waals surface area (Å²) >= 11 is 0. The fourth-order valence-corrected chi connectivity index (χ4v) is 2.26. The van der Waals surface area contributed by atoms with Gasteiger partial charge in [-0.2, -0.15) is 0 Å². The van der Waals surface area contributed by atoms with Crippen molar-refractivity contribution in [1.29, 1.82) is 0 Å². The number of ether oxygens (including phenoxy) is 1. The summed E-state index contributed by atoms with van der Waals surface area (Å²) in [5.41, 5.74) is -0.747. The Kier molecular flexibility index (Phi) is 4.80. The lowest BCUT2D eigenvalue weighted by Crippen LogP contribution is -2.58. The molecular formula is C13H16N2O8. The van der Waals surface area contributed by atoms with Gasteiger partial charge in [0.2, 0.25) is 0 Å². The van der Waals surface area contributed by atoms with Crippen LogP contribution >= 0.6 is 0 Å². The van der Waals surface area contributed by atoms with Gasteiger partial charge >= 0.3 is 5.97 Å². The number of aromatic carboxylic acids is 1. The molecule has 10 nitrogen and oxygen atoms in total. The van der Waals surface area contributed by atoms with E-state index in [2.05, 4.69) is 5.32 Å². The second-order valence-electron chi connectivity index (χ2n) is 5.21. The number of non-ortho nitro benzene ring substituents is 1. The predicted octanol–water partition coefficient (Wildman–Crippen LogP) is -0.468. The van der Waals surface area contributed by atoms with E-state index in [1.165, 1.54) is 6.92 Å². The second-order valence-corrected chi connectivity index (χ2v) is 5.21. The largest absolute Gasteiger partial charge is 0.478 e. The van der Waals surface area contributed by atoms with Gasteiger partial charge in [0.05, 0.1) is 16.6 Å². The number of nitrogens with zero attached hydrogens (tertiary/aromatic N) is 1. The van der Waals surface area contributed by atoms with Crippen LogP contribution in [0.3, 0.4) is 0 Å². The molecule has 1 aromatic carbocycles. The molecule has 0 bridgehead atoms. The molecule has 0 radical (unpaired) electrons. The molecule has 5 atom stereocenters. The number of carboxylic acids is 1. The first kappa shape index (κ1) is 17.1. The van der Waals surface area contributed by atoms with Gasteiger partial charge in [0.1, 0.15) is 18.3 Å². The van der Waals surface area contributed by atoms with Crippen molar-refractivity contribution >= 4 is 17.3 Å². The first-order chi connectivity index (χ1) is 10.7. The fourth-order valence-electron chi connectivity index (χ4n) is 2.26. The number of nitro benzene ring substituents is 1. The third-order valence-corrected chi connectivity index (χ3v) is 3.54. The number of carbonyl (C=O) groups is 1. The van der Waals surface area contributed by atoms with Crippen LogP contribution in [-0.4, -0.2) is 62.0 Å². The van der Waals surface area contributed by atoms with Gasteiger partial charge < -0.3 is 30.5 Å². The highest BCUT2D eigenvalue weighted by molar-refractivity contribution is 5.90. The number of nitrogens with one attached hydrogen (secondary N) is 1. The standard InChI is InChI=1S/C13H16N2O8/c1-5-9(16)10(17)11(18)12(23-5)14-7-2-6(13(19)20)3-8(4-7)15(21)22/h2-5,9-12,14,16-18H,1H3,(H,19,20)/t5-,9-,10+,11+,12+/m1/s1. The second kappa shape index (κ2) is 6.46. The predicted molar refractivity (Wildman–Crippen MR) is 76.0 cm³/mol. The Morgan fingerprint density at radius 1 is 1.22 bits per heavy atom. The Morgan fingerprint density at radius 3 is 2.43 bits per heavy atom. The number of carboxylic acid groups (broad SMARTS) is 1. The maximum absolute atomic E-state index is 11.0. The summed E-state index contributed by atoms with van der Waals surface area (Å²) < 4.78 is 5.30. The zero-order valence-electron chi connectivity index (χ0n) is 12.0. The SMILES string of the molecule is C[C@H]1O[C@H](Nc2cc(C(=O)O)cc([N+](=O)[O-])c2)[C@@H](O)[C@@H](O)[C@@H]1O. The van der Waals surface area contributed by atoms with Crippen molar-refractivity contribution in [1.82, 2.24) is 0 Å². The van der Waals surface area contributed by atoms with E-state index in [0.29, 0.717) is 0 Å². The van der Waals surface area contributed by atoms with Gasteiger partial charge in [-0.25, -0.2) is 4.79 Å². The molecule has 23 heavy (non-hydrogen) atoms. The van der Waals surface area contributed by atoms with Crippen molar-refractivity contribution in [2.45, 2.75) is 37.6 Å². The van der Waals surface area contributed by atoms with Crippen LogP contribution in [0.2, 0.25) is 0 Å². The molecular weight excluding hydrogens is 312 g/mol. The van der Waals surface area contributed by atoms with Gasteiger partial charge in [-0.15, -0.1) is 0 Å². The van der Waals surface area contributed by atoms with E-state index in [1.54, 1.807) is 0 Å². The van der Waals surface area contributed by atoms with Crippen molar-refractivity contribution in [2.24, 2.45) is 0 Å². The van der Waals surface area contributed by atoms with E-state index in [9.17, 15) is 30.2 Å². The summed E-state index contributed by atoms with van der Waals surface area (Å²) in [4.78, 5) is 21.1. The zero-order chi connectivity index (χ0) is 17.3. The van der Waals surface area contributed by atoms with Gasteiger partial charge in [0, 0.05) is 17.8 Å². The molecule has 1 heterocycles. The van der Waals surface area contributed by atoms with E-state index < -0.39 is 47.2 Å². The van der Waals surface area contributed by atoms with E-state index in [4.69, 9.17) is 9.84 Å². The maximum Gasteiger partial charge on any atom is 0.336 e. The summed E-state index contributed by atoms with van der Waals surface area (Å²) in [6.07, 6.45) is -6.25. The topological polar surface area (TPSA) is 162 Å². The van der Waals surface area contributed by atoms with E-state index in [0.717, 1.165) is 18.2 Å². The van der Waals surface area contributed by atoms with Gasteiger partial charge in [-0.1, -0.05) is 0 Å². The highest BCUT2D eigenvalue weighted by atomic mass is 16.6. The summed E-state index contributed by atoms with van der Waals surface area (Å²) in [5, 5.41) is 51.7. The Hall–Kier alpha value is -2.27. The van der Waals surface area contributed by atoms with Crippen LogP contribution in [0.4, 0.5) is 11.4 Å². The van der Waals surface area contributed by atoms with Crippen molar-refractivity contribution < 1.29 is 34.9 Å². The van der Waals surface area contributed by atoms with E-state index in [-0.39, 0.29) is 11.3 Å². The van der Waals surface area contributed by atoms with Crippen LogP contribution in [-0.2, 0) is 4.74 Å². The van der Waals surface area contributed by atoms with Crippen molar-refractivity contribution in [2.75, 3.05) is 5.32 Å². The highest BCUT2D eigenvalue weighted by Gasteiger charge is 2.41. The molecule has 1 aliphatic heterocycles. The highest BCUT2D eigenvalue weighted by Crippen LogP contribution is 2.26. The van der Waals surface area contributed by atoms with Crippen LogP contribution in [0.15, 0.2) is 18.2 Å². The first-order valence-electron chi connectivity index (χ1n) is 6.69. The average Bonchev–Trinajstić information content (AvgIpc) is 2.50. The molecule has 0 aliphatic carbocycles. The summed E-state index contributed by atoms with van der Waals surface area (Å²) in [7, 11) is 0. The fraction of sp³-hybridized carbons (Fsp3) is 0.462. The third-order valence-electron chi connectivity index (χ3n) is 3.54. The third kappa shape index (κ3) is 3.56. The average molecular weight is 328 g/mol. The Labute approximate surface area is 130 Å². The van der Waals surface area contributed by atoms with Crippen molar-refractivity contribution in [3.63, 3.8) is 0 Å². The van der Waals surface area contributed by atoms with Crippen LogP contribution < -0.4 is 5.32 Å². The number of hydrogen-bond donors (Lipinski definition) is 5. The molecule has 0 spiro atoms. The number of aliphatic hydroxyl groups excluding tert-OH is 3. The maximum atomic E-state index is 11.0. The van der Waals surface area contributed by atoms with Crippen LogP contribution in [0.1, 0.15) is 17.3 Å². The van der Waals surface area contributed by atoms with Crippen LogP contribution in [0.25, 0.3) is 0 Å². The molecule has 10 heteroatoms. The number of anilines is 1. The molecule has 2 rings (SSSR count). The lowest BCUT2D eigenvalue weighted by atomic mass is 9.99. The number of rotatable bonds is 4. The lowest BCUT2D eigenvalue weighted by molar-refractivity contribution is -0.384. The summed E-state index contributed by atoms with van der Waals surface area (Å²) in [5.74, 6) is -1.36. The number of hydrogen-bond acceptors (Lipinski definition) is 8. The molecule has 126 valence electrons. The minimum atomic E-state index is -1.51. The summed E-state index contributed by atoms with van der Waals surface area (Å²) in [6.45, 7) is 1.48. The molecule has 1 fully saturated rings. The Bertz CT molecular complexity index is 590. The first-order valence-corrected chi connectivity index (χ1v) is 6.69. The number of nitro groups is 1. The number of benzene rings is 1. The molecule has 1 saturated heterocycles. The molecule has 1 aromatic rings.